The number of amides is 1. The van der Waals surface area contributed by atoms with E-state index in [1.54, 1.807) is 54.2 Å². The standard InChI is InChI=1S/C25H27ClN2O3S2/c1-19-6-5-7-20(16-19)18-32-15-14-27-25(29)21-10-12-23(13-11-21)28(33(2,30)31)17-22-8-3-4-9-24(22)26/h3-13,16H,14-15,17-18H2,1-2H3,(H,27,29). The smallest absolute Gasteiger partial charge is 0.251 e. The minimum Gasteiger partial charge on any atom is -0.351 e. The maximum absolute atomic E-state index is 12.5. The highest BCUT2D eigenvalue weighted by atomic mass is 35.5. The number of rotatable bonds is 10. The van der Waals surface area contributed by atoms with Crippen molar-refractivity contribution >= 4 is 45.0 Å². The van der Waals surface area contributed by atoms with Crippen LogP contribution in [0.3, 0.4) is 0 Å². The fourth-order valence-corrected chi connectivity index (χ4v) is 5.17. The number of hydrogen-bond donors (Lipinski definition) is 1. The summed E-state index contributed by atoms with van der Waals surface area (Å²) in [6.45, 7) is 2.74. The zero-order valence-corrected chi connectivity index (χ0v) is 21.0. The molecule has 5 nitrogen and oxygen atoms in total. The lowest BCUT2D eigenvalue weighted by atomic mass is 10.1. The fraction of sp³-hybridized carbons (Fsp3) is 0.240. The second-order valence-electron chi connectivity index (χ2n) is 7.71. The number of thioether (sulfide) groups is 1. The molecular weight excluding hydrogens is 476 g/mol. The van der Waals surface area contributed by atoms with E-state index in [9.17, 15) is 13.2 Å². The second-order valence-corrected chi connectivity index (χ2v) is 11.1. The molecule has 3 aromatic rings. The number of halogens is 1. The highest BCUT2D eigenvalue weighted by Crippen LogP contribution is 2.24. The van der Waals surface area contributed by atoms with Gasteiger partial charge < -0.3 is 5.32 Å². The molecule has 0 unspecified atom stereocenters. The van der Waals surface area contributed by atoms with E-state index in [-0.39, 0.29) is 12.5 Å². The van der Waals surface area contributed by atoms with Crippen LogP contribution >= 0.6 is 23.4 Å². The number of aryl methyl sites for hydroxylation is 1. The van der Waals surface area contributed by atoms with Crippen molar-refractivity contribution in [3.8, 4) is 0 Å². The van der Waals surface area contributed by atoms with Crippen molar-refractivity contribution in [1.82, 2.24) is 5.32 Å². The van der Waals surface area contributed by atoms with Crippen LogP contribution in [0.25, 0.3) is 0 Å². The van der Waals surface area contributed by atoms with Crippen molar-refractivity contribution in [3.63, 3.8) is 0 Å². The molecule has 0 saturated carbocycles. The predicted molar refractivity (Wildman–Crippen MR) is 139 cm³/mol. The van der Waals surface area contributed by atoms with Crippen LogP contribution in [-0.2, 0) is 22.3 Å². The Morgan fingerprint density at radius 3 is 2.42 bits per heavy atom. The van der Waals surface area contributed by atoms with E-state index in [2.05, 4.69) is 36.5 Å². The van der Waals surface area contributed by atoms with Gasteiger partial charge in [0.25, 0.3) is 5.91 Å². The van der Waals surface area contributed by atoms with E-state index in [1.807, 2.05) is 6.07 Å². The van der Waals surface area contributed by atoms with Crippen LogP contribution in [0.1, 0.15) is 27.0 Å². The van der Waals surface area contributed by atoms with Crippen LogP contribution < -0.4 is 9.62 Å². The Labute approximate surface area is 205 Å². The van der Waals surface area contributed by atoms with Crippen molar-refractivity contribution in [1.29, 1.82) is 0 Å². The predicted octanol–water partition coefficient (Wildman–Crippen LogP) is 5.28. The molecule has 0 radical (unpaired) electrons. The summed E-state index contributed by atoms with van der Waals surface area (Å²) < 4.78 is 26.1. The molecule has 1 amide bonds. The lowest BCUT2D eigenvalue weighted by Gasteiger charge is -2.23. The third-order valence-corrected chi connectivity index (χ3v) is 7.51. The minimum atomic E-state index is -3.54. The average Bonchev–Trinajstić information content (AvgIpc) is 2.77. The van der Waals surface area contributed by atoms with Crippen LogP contribution in [0, 0.1) is 6.92 Å². The monoisotopic (exact) mass is 502 g/mol. The highest BCUT2D eigenvalue weighted by Gasteiger charge is 2.19. The van der Waals surface area contributed by atoms with Crippen LogP contribution in [0.5, 0.6) is 0 Å². The largest absolute Gasteiger partial charge is 0.351 e. The first-order chi connectivity index (χ1) is 15.7. The summed E-state index contributed by atoms with van der Waals surface area (Å²) in [5.74, 6) is 1.52. The summed E-state index contributed by atoms with van der Waals surface area (Å²) >= 11 is 7.97. The Bertz CT molecular complexity index is 1200. The number of anilines is 1. The molecule has 8 heteroatoms. The molecular formula is C25H27ClN2O3S2. The average molecular weight is 503 g/mol. The van der Waals surface area contributed by atoms with E-state index >= 15 is 0 Å². The molecule has 0 bridgehead atoms. The first-order valence-corrected chi connectivity index (χ1v) is 13.8. The Balaban J connectivity index is 1.56. The van der Waals surface area contributed by atoms with Gasteiger partial charge in [0.15, 0.2) is 0 Å². The third-order valence-electron chi connectivity index (χ3n) is 4.97. The van der Waals surface area contributed by atoms with Gasteiger partial charge in [0.1, 0.15) is 0 Å². The Hall–Kier alpha value is -2.48. The van der Waals surface area contributed by atoms with E-state index in [4.69, 9.17) is 11.6 Å². The molecule has 0 fully saturated rings. The number of nitrogens with zero attached hydrogens (tertiary/aromatic N) is 1. The van der Waals surface area contributed by atoms with E-state index in [0.717, 1.165) is 17.8 Å². The summed E-state index contributed by atoms with van der Waals surface area (Å²) in [7, 11) is -3.54. The molecule has 0 atom stereocenters. The minimum absolute atomic E-state index is 0.113. The summed E-state index contributed by atoms with van der Waals surface area (Å²) in [5.41, 5.74) is 4.17. The summed E-state index contributed by atoms with van der Waals surface area (Å²) in [4.78, 5) is 12.5. The van der Waals surface area contributed by atoms with Crippen molar-refractivity contribution < 1.29 is 13.2 Å². The molecule has 0 aliphatic heterocycles. The fourth-order valence-electron chi connectivity index (χ4n) is 3.29. The molecule has 33 heavy (non-hydrogen) atoms. The number of hydrogen-bond acceptors (Lipinski definition) is 4. The van der Waals surface area contributed by atoms with Crippen LogP contribution in [-0.4, -0.2) is 32.9 Å². The van der Waals surface area contributed by atoms with Gasteiger partial charge in [0.05, 0.1) is 18.5 Å². The summed E-state index contributed by atoms with van der Waals surface area (Å²) in [5, 5.41) is 3.42. The van der Waals surface area contributed by atoms with Crippen LogP contribution in [0.4, 0.5) is 5.69 Å². The number of sulfonamides is 1. The number of nitrogens with one attached hydrogen (secondary N) is 1. The molecule has 174 valence electrons. The maximum atomic E-state index is 12.5. The Kier molecular flexibility index (Phi) is 8.83. The maximum Gasteiger partial charge on any atom is 0.251 e. The van der Waals surface area contributed by atoms with Gasteiger partial charge in [-0.05, 0) is 48.4 Å². The zero-order chi connectivity index (χ0) is 23.8. The van der Waals surface area contributed by atoms with Crippen LogP contribution in [0.15, 0.2) is 72.8 Å². The molecule has 0 spiro atoms. The quantitative estimate of drug-likeness (QED) is 0.383. The van der Waals surface area contributed by atoms with Gasteiger partial charge in [-0.15, -0.1) is 0 Å². The van der Waals surface area contributed by atoms with Crippen LogP contribution in [0.2, 0.25) is 5.02 Å². The molecule has 0 saturated heterocycles. The molecule has 3 rings (SSSR count). The SMILES string of the molecule is Cc1cccc(CSCCNC(=O)c2ccc(N(Cc3ccccc3Cl)S(C)(=O)=O)cc2)c1. The van der Waals surface area contributed by atoms with E-state index in [1.165, 1.54) is 15.4 Å². The summed E-state index contributed by atoms with van der Waals surface area (Å²) in [6.07, 6.45) is 1.15. The normalized spacial score (nSPS) is 11.2. The molecule has 1 N–H and O–H groups in total. The van der Waals surface area contributed by atoms with Gasteiger partial charge >= 0.3 is 0 Å². The van der Waals surface area contributed by atoms with E-state index in [0.29, 0.717) is 28.4 Å². The first-order valence-electron chi connectivity index (χ1n) is 10.5. The van der Waals surface area contributed by atoms with Gasteiger partial charge in [-0.3, -0.25) is 9.10 Å². The van der Waals surface area contributed by atoms with Gasteiger partial charge in [-0.25, -0.2) is 8.42 Å². The van der Waals surface area contributed by atoms with Gasteiger partial charge in [-0.2, -0.15) is 11.8 Å². The van der Waals surface area contributed by atoms with Crippen molar-refractivity contribution in [3.05, 3.63) is 100 Å². The first kappa shape index (κ1) is 25.1. The molecule has 0 heterocycles. The van der Waals surface area contributed by atoms with Gasteiger partial charge in [0.2, 0.25) is 10.0 Å². The summed E-state index contributed by atoms with van der Waals surface area (Å²) in [6, 6.07) is 22.1. The van der Waals surface area contributed by atoms with Gasteiger partial charge in [-0.1, -0.05) is 59.6 Å². The lowest BCUT2D eigenvalue weighted by molar-refractivity contribution is 0.0956. The topological polar surface area (TPSA) is 66.5 Å². The van der Waals surface area contributed by atoms with Gasteiger partial charge in [0, 0.05) is 28.6 Å². The molecule has 0 aromatic heterocycles. The molecule has 3 aromatic carbocycles. The zero-order valence-electron chi connectivity index (χ0n) is 18.6. The van der Waals surface area contributed by atoms with Crippen molar-refractivity contribution in [2.45, 2.75) is 19.2 Å². The molecule has 0 aliphatic rings. The third kappa shape index (κ3) is 7.52. The second kappa shape index (κ2) is 11.6. The Morgan fingerprint density at radius 1 is 1.03 bits per heavy atom. The number of carbonyl (C=O) groups excluding carboxylic acids is 1. The number of carbonyl (C=O) groups is 1. The highest BCUT2D eigenvalue weighted by molar-refractivity contribution is 7.98. The Morgan fingerprint density at radius 2 is 1.76 bits per heavy atom. The van der Waals surface area contributed by atoms with Crippen molar-refractivity contribution in [2.24, 2.45) is 0 Å². The lowest BCUT2D eigenvalue weighted by Crippen LogP contribution is -2.29. The van der Waals surface area contributed by atoms with E-state index < -0.39 is 10.0 Å². The molecule has 0 aliphatic carbocycles. The number of benzene rings is 3. The van der Waals surface area contributed by atoms with Crippen molar-refractivity contribution in [2.75, 3.05) is 22.9 Å².